The third kappa shape index (κ3) is 4.80. The summed E-state index contributed by atoms with van der Waals surface area (Å²) in [7, 11) is -1.86. The fourth-order valence-electron chi connectivity index (χ4n) is 1.88. The van der Waals surface area contributed by atoms with Crippen molar-refractivity contribution in [3.05, 3.63) is 18.3 Å². The Kier molecular flexibility index (Phi) is 6.24. The van der Waals surface area contributed by atoms with Crippen LogP contribution in [-0.4, -0.2) is 26.5 Å². The highest BCUT2D eigenvalue weighted by Crippen LogP contribution is 2.18. The van der Waals surface area contributed by atoms with Crippen molar-refractivity contribution in [1.29, 1.82) is 0 Å². The molecule has 0 aliphatic heterocycles. The number of unbranched alkanes of at least 4 members (excludes halogenated alkanes) is 2. The Morgan fingerprint density at radius 1 is 1.37 bits per heavy atom. The van der Waals surface area contributed by atoms with Gasteiger partial charge in [0.2, 0.25) is 10.0 Å². The summed E-state index contributed by atoms with van der Waals surface area (Å²) in [6, 6.07) is 3.11. The van der Waals surface area contributed by atoms with Gasteiger partial charge in [0.25, 0.3) is 0 Å². The normalized spacial score (nSPS) is 13.2. The lowest BCUT2D eigenvalue weighted by Gasteiger charge is -2.15. The van der Waals surface area contributed by atoms with Crippen LogP contribution >= 0.6 is 0 Å². The number of aromatic nitrogens is 1. The first-order valence-electron chi connectivity index (χ1n) is 6.66. The van der Waals surface area contributed by atoms with Gasteiger partial charge in [0, 0.05) is 19.3 Å². The van der Waals surface area contributed by atoms with E-state index in [4.69, 9.17) is 0 Å². The SMILES string of the molecule is CCCCCC(C)NS(=O)(=O)c1cccnc1NC. The summed E-state index contributed by atoms with van der Waals surface area (Å²) >= 11 is 0. The molecule has 19 heavy (non-hydrogen) atoms. The molecule has 0 saturated carbocycles. The fourth-order valence-corrected chi connectivity index (χ4v) is 3.32. The lowest BCUT2D eigenvalue weighted by molar-refractivity contribution is 0.527. The Morgan fingerprint density at radius 3 is 2.74 bits per heavy atom. The summed E-state index contributed by atoms with van der Waals surface area (Å²) in [6.45, 7) is 4.02. The maximum Gasteiger partial charge on any atom is 0.244 e. The average molecular weight is 285 g/mol. The van der Waals surface area contributed by atoms with E-state index in [1.54, 1.807) is 25.4 Å². The number of nitrogens with zero attached hydrogens (tertiary/aromatic N) is 1. The highest BCUT2D eigenvalue weighted by atomic mass is 32.2. The van der Waals surface area contributed by atoms with Gasteiger partial charge >= 0.3 is 0 Å². The number of hydrogen-bond acceptors (Lipinski definition) is 4. The number of nitrogens with one attached hydrogen (secondary N) is 2. The Morgan fingerprint density at radius 2 is 2.11 bits per heavy atom. The third-order valence-corrected chi connectivity index (χ3v) is 4.52. The maximum absolute atomic E-state index is 12.3. The van der Waals surface area contributed by atoms with Crippen molar-refractivity contribution in [1.82, 2.24) is 9.71 Å². The van der Waals surface area contributed by atoms with Crippen LogP contribution in [0.2, 0.25) is 0 Å². The van der Waals surface area contributed by atoms with E-state index in [9.17, 15) is 8.42 Å². The Balaban J connectivity index is 2.75. The van der Waals surface area contributed by atoms with Crippen molar-refractivity contribution in [2.75, 3.05) is 12.4 Å². The minimum Gasteiger partial charge on any atom is -0.372 e. The molecule has 1 aromatic rings. The Bertz CT molecular complexity index is 488. The Labute approximate surface area is 115 Å². The minimum absolute atomic E-state index is 0.0681. The van der Waals surface area contributed by atoms with Crippen LogP contribution in [-0.2, 0) is 10.0 Å². The molecule has 0 bridgehead atoms. The van der Waals surface area contributed by atoms with Gasteiger partial charge in [0.1, 0.15) is 10.7 Å². The zero-order valence-electron chi connectivity index (χ0n) is 11.8. The van der Waals surface area contributed by atoms with Crippen LogP contribution in [0, 0.1) is 0 Å². The summed E-state index contributed by atoms with van der Waals surface area (Å²) < 4.78 is 27.2. The lowest BCUT2D eigenvalue weighted by atomic mass is 10.1. The van der Waals surface area contributed by atoms with Gasteiger partial charge in [-0.15, -0.1) is 0 Å². The van der Waals surface area contributed by atoms with Crippen molar-refractivity contribution < 1.29 is 8.42 Å². The topological polar surface area (TPSA) is 71.1 Å². The van der Waals surface area contributed by atoms with Crippen molar-refractivity contribution in [3.8, 4) is 0 Å². The molecular weight excluding hydrogens is 262 g/mol. The summed E-state index contributed by atoms with van der Waals surface area (Å²) in [4.78, 5) is 4.21. The monoisotopic (exact) mass is 285 g/mol. The first-order chi connectivity index (χ1) is 9.01. The van der Waals surface area contributed by atoms with E-state index in [2.05, 4.69) is 21.9 Å². The molecule has 1 aromatic heterocycles. The number of hydrogen-bond donors (Lipinski definition) is 2. The molecule has 1 atom stereocenters. The second kappa shape index (κ2) is 7.45. The number of sulfonamides is 1. The summed E-state index contributed by atoms with van der Waals surface area (Å²) in [5.41, 5.74) is 0. The standard InChI is InChI=1S/C13H23N3O2S/c1-4-5-6-8-11(2)16-19(17,18)12-9-7-10-15-13(12)14-3/h7,9-11,16H,4-6,8H2,1-3H3,(H,14,15). The van der Waals surface area contributed by atoms with Gasteiger partial charge in [-0.05, 0) is 25.5 Å². The highest BCUT2D eigenvalue weighted by Gasteiger charge is 2.20. The van der Waals surface area contributed by atoms with Crippen LogP contribution in [0.25, 0.3) is 0 Å². The van der Waals surface area contributed by atoms with Crippen LogP contribution in [0.1, 0.15) is 39.5 Å². The number of rotatable bonds is 8. The molecule has 0 aliphatic rings. The molecule has 1 heterocycles. The summed E-state index contributed by atoms with van der Waals surface area (Å²) in [5.74, 6) is 0.371. The van der Waals surface area contributed by atoms with E-state index in [0.29, 0.717) is 5.82 Å². The van der Waals surface area contributed by atoms with Crippen LogP contribution in [0.15, 0.2) is 23.2 Å². The van der Waals surface area contributed by atoms with E-state index < -0.39 is 10.0 Å². The van der Waals surface area contributed by atoms with Crippen LogP contribution in [0.5, 0.6) is 0 Å². The molecule has 0 spiro atoms. The molecule has 0 aromatic carbocycles. The van der Waals surface area contributed by atoms with Crippen LogP contribution < -0.4 is 10.0 Å². The van der Waals surface area contributed by atoms with E-state index >= 15 is 0 Å². The molecule has 0 saturated heterocycles. The second-order valence-electron chi connectivity index (χ2n) is 4.62. The van der Waals surface area contributed by atoms with E-state index in [-0.39, 0.29) is 10.9 Å². The highest BCUT2D eigenvalue weighted by molar-refractivity contribution is 7.89. The molecule has 1 unspecified atom stereocenters. The first kappa shape index (κ1) is 15.9. The van der Waals surface area contributed by atoms with Crippen molar-refractivity contribution in [2.24, 2.45) is 0 Å². The molecule has 0 aliphatic carbocycles. The molecule has 0 fully saturated rings. The molecule has 5 nitrogen and oxygen atoms in total. The van der Waals surface area contributed by atoms with Crippen LogP contribution in [0.4, 0.5) is 5.82 Å². The van der Waals surface area contributed by atoms with Gasteiger partial charge in [0.05, 0.1) is 0 Å². The predicted octanol–water partition coefficient (Wildman–Crippen LogP) is 2.37. The number of pyridine rings is 1. The second-order valence-corrected chi connectivity index (χ2v) is 6.30. The summed E-state index contributed by atoms with van der Waals surface area (Å²) in [5, 5.41) is 2.80. The van der Waals surface area contributed by atoms with Gasteiger partial charge in [-0.25, -0.2) is 18.1 Å². The molecule has 0 radical (unpaired) electrons. The molecule has 1 rings (SSSR count). The van der Waals surface area contributed by atoms with E-state index in [1.165, 1.54) is 0 Å². The first-order valence-corrected chi connectivity index (χ1v) is 8.14. The Hall–Kier alpha value is -1.14. The molecule has 108 valence electrons. The zero-order chi connectivity index (χ0) is 14.3. The smallest absolute Gasteiger partial charge is 0.244 e. The largest absolute Gasteiger partial charge is 0.372 e. The molecule has 6 heteroatoms. The predicted molar refractivity (Wildman–Crippen MR) is 77.7 cm³/mol. The fraction of sp³-hybridized carbons (Fsp3) is 0.615. The lowest BCUT2D eigenvalue weighted by Crippen LogP contribution is -2.33. The van der Waals surface area contributed by atoms with Crippen LogP contribution in [0.3, 0.4) is 0 Å². The van der Waals surface area contributed by atoms with Gasteiger partial charge in [-0.2, -0.15) is 0 Å². The van der Waals surface area contributed by atoms with E-state index in [1.807, 2.05) is 6.92 Å². The minimum atomic E-state index is -3.51. The zero-order valence-corrected chi connectivity index (χ0v) is 12.6. The quantitative estimate of drug-likeness (QED) is 0.719. The maximum atomic E-state index is 12.3. The van der Waals surface area contributed by atoms with Gasteiger partial charge in [-0.1, -0.05) is 26.2 Å². The number of anilines is 1. The average Bonchev–Trinajstić information content (AvgIpc) is 2.38. The third-order valence-electron chi connectivity index (χ3n) is 2.89. The molecule has 0 amide bonds. The molecule has 2 N–H and O–H groups in total. The van der Waals surface area contributed by atoms with Crippen molar-refractivity contribution >= 4 is 15.8 Å². The van der Waals surface area contributed by atoms with Crippen molar-refractivity contribution in [2.45, 2.75) is 50.5 Å². The van der Waals surface area contributed by atoms with Crippen molar-refractivity contribution in [3.63, 3.8) is 0 Å². The van der Waals surface area contributed by atoms with E-state index in [0.717, 1.165) is 25.7 Å². The van der Waals surface area contributed by atoms with Gasteiger partial charge < -0.3 is 5.32 Å². The van der Waals surface area contributed by atoms with Gasteiger partial charge in [-0.3, -0.25) is 0 Å². The van der Waals surface area contributed by atoms with Gasteiger partial charge in [0.15, 0.2) is 0 Å². The molecular formula is C13H23N3O2S. The summed E-state index contributed by atoms with van der Waals surface area (Å²) in [6.07, 6.45) is 5.70.